The molecule has 1 fully saturated rings. The molecule has 2 atom stereocenters. The minimum absolute atomic E-state index is 0.0390. The zero-order chi connectivity index (χ0) is 13.4. The van der Waals surface area contributed by atoms with Gasteiger partial charge in [0.15, 0.2) is 0 Å². The number of carbonyl (C=O) groups is 1. The van der Waals surface area contributed by atoms with Crippen LogP contribution >= 0.6 is 23.1 Å². The Balaban J connectivity index is 1.77. The Morgan fingerprint density at radius 3 is 3.05 bits per heavy atom. The van der Waals surface area contributed by atoms with Crippen LogP contribution in [0.15, 0.2) is 6.07 Å². The van der Waals surface area contributed by atoms with Gasteiger partial charge in [-0.3, -0.25) is 4.79 Å². The Bertz CT molecular complexity index is 465. The zero-order valence-electron chi connectivity index (χ0n) is 10.9. The maximum Gasteiger partial charge on any atom is 0.264 e. The molecule has 0 bridgehead atoms. The number of aliphatic hydroxyl groups excluding tert-OH is 1. The first-order valence-electron chi connectivity index (χ1n) is 6.52. The second-order valence-corrected chi connectivity index (χ2v) is 7.31. The molecule has 3 rings (SSSR count). The number of fused-ring (bicyclic) bond motifs is 1. The van der Waals surface area contributed by atoms with Gasteiger partial charge in [0.1, 0.15) is 0 Å². The van der Waals surface area contributed by atoms with Crippen LogP contribution in [-0.4, -0.2) is 53.9 Å². The molecule has 1 saturated heterocycles. The normalized spacial score (nSPS) is 26.2. The van der Waals surface area contributed by atoms with E-state index in [9.17, 15) is 9.90 Å². The summed E-state index contributed by atoms with van der Waals surface area (Å²) in [6, 6.07) is 1.93. The molecule has 1 amide bonds. The van der Waals surface area contributed by atoms with Crippen molar-refractivity contribution in [3.8, 4) is 0 Å². The molecule has 3 heterocycles. The highest BCUT2D eigenvalue weighted by Gasteiger charge is 2.32. The highest BCUT2D eigenvalue weighted by molar-refractivity contribution is 7.98. The first kappa shape index (κ1) is 13.4. The second kappa shape index (κ2) is 5.44. The van der Waals surface area contributed by atoms with Crippen molar-refractivity contribution in [1.29, 1.82) is 0 Å². The van der Waals surface area contributed by atoms with Crippen LogP contribution in [0.4, 0.5) is 0 Å². The number of nitrogens with one attached hydrogen (secondary N) is 1. The van der Waals surface area contributed by atoms with Crippen LogP contribution in [-0.2, 0) is 12.2 Å². The smallest absolute Gasteiger partial charge is 0.264 e. The van der Waals surface area contributed by atoms with Crippen molar-refractivity contribution in [3.63, 3.8) is 0 Å². The summed E-state index contributed by atoms with van der Waals surface area (Å²) in [6.07, 6.45) is 0.619. The minimum Gasteiger partial charge on any atom is -0.390 e. The fourth-order valence-electron chi connectivity index (χ4n) is 2.62. The average molecular weight is 298 g/mol. The van der Waals surface area contributed by atoms with Crippen LogP contribution in [0.2, 0.25) is 0 Å². The summed E-state index contributed by atoms with van der Waals surface area (Å²) >= 11 is 3.55. The van der Waals surface area contributed by atoms with Gasteiger partial charge in [-0.2, -0.15) is 11.8 Å². The summed E-state index contributed by atoms with van der Waals surface area (Å²) in [5.41, 5.74) is 1.32. The summed E-state index contributed by atoms with van der Waals surface area (Å²) in [5, 5.41) is 13.0. The lowest BCUT2D eigenvalue weighted by Gasteiger charge is -2.25. The Labute approximate surface area is 121 Å². The molecular weight excluding hydrogens is 280 g/mol. The fourth-order valence-corrected chi connectivity index (χ4v) is 4.98. The third-order valence-electron chi connectivity index (χ3n) is 3.81. The molecule has 1 aromatic rings. The molecule has 4 nitrogen and oxygen atoms in total. The first-order valence-corrected chi connectivity index (χ1v) is 8.49. The largest absolute Gasteiger partial charge is 0.390 e. The summed E-state index contributed by atoms with van der Waals surface area (Å²) in [7, 11) is 1.79. The van der Waals surface area contributed by atoms with Gasteiger partial charge in [0.25, 0.3) is 5.91 Å². The Hall–Kier alpha value is -0.560. The summed E-state index contributed by atoms with van der Waals surface area (Å²) < 4.78 is 0. The molecule has 104 valence electrons. The molecule has 2 N–H and O–H groups in total. The zero-order valence-corrected chi connectivity index (χ0v) is 12.5. The van der Waals surface area contributed by atoms with Crippen LogP contribution in [0.3, 0.4) is 0 Å². The number of hydrogen-bond donors (Lipinski definition) is 2. The quantitative estimate of drug-likeness (QED) is 0.853. The number of likely N-dealkylation sites (N-methyl/N-ethyl adjacent to an activating group) is 1. The highest BCUT2D eigenvalue weighted by Crippen LogP contribution is 2.32. The molecule has 1 aromatic heterocycles. The van der Waals surface area contributed by atoms with Gasteiger partial charge in [-0.1, -0.05) is 0 Å². The fraction of sp³-hybridized carbons (Fsp3) is 0.615. The van der Waals surface area contributed by atoms with E-state index in [2.05, 4.69) is 5.32 Å². The molecular formula is C13H18N2O2S2. The van der Waals surface area contributed by atoms with Crippen molar-refractivity contribution in [3.05, 3.63) is 21.4 Å². The standard InChI is InChI=1S/C13H18N2O2S2/c1-15(9-5-14-6-10(9)16)13(17)12-4-8-7-18-3-2-11(8)19-12/h4,9-10,14,16H,2-3,5-7H2,1H3/t9-,10-/m0/s1. The van der Waals surface area contributed by atoms with Gasteiger partial charge >= 0.3 is 0 Å². The second-order valence-electron chi connectivity index (χ2n) is 5.07. The number of hydrogen-bond acceptors (Lipinski definition) is 5. The third-order valence-corrected chi connectivity index (χ3v) is 6.04. The van der Waals surface area contributed by atoms with Gasteiger partial charge in [-0.15, -0.1) is 11.3 Å². The number of aliphatic hydroxyl groups is 1. The summed E-state index contributed by atoms with van der Waals surface area (Å²) in [5.74, 6) is 2.22. The van der Waals surface area contributed by atoms with E-state index in [1.54, 1.807) is 23.3 Å². The molecule has 0 aliphatic carbocycles. The molecule has 0 saturated carbocycles. The number of thiophene rings is 1. The first-order chi connectivity index (χ1) is 9.16. The van der Waals surface area contributed by atoms with Crippen LogP contribution in [0, 0.1) is 0 Å². The Morgan fingerprint density at radius 2 is 2.37 bits per heavy atom. The molecule has 0 unspecified atom stereocenters. The Kier molecular flexibility index (Phi) is 3.84. The third kappa shape index (κ3) is 2.54. The van der Waals surface area contributed by atoms with Crippen LogP contribution in [0.25, 0.3) is 0 Å². The molecule has 2 aliphatic rings. The molecule has 2 aliphatic heterocycles. The predicted octanol–water partition coefficient (Wildman–Crippen LogP) is 0.942. The number of rotatable bonds is 2. The van der Waals surface area contributed by atoms with Gasteiger partial charge in [0, 0.05) is 30.8 Å². The number of nitrogens with zero attached hydrogens (tertiary/aromatic N) is 1. The SMILES string of the molecule is CN(C(=O)c1cc2c(s1)CCSC2)[C@H]1CNC[C@@H]1O. The van der Waals surface area contributed by atoms with Crippen molar-refractivity contribution in [2.24, 2.45) is 0 Å². The van der Waals surface area contributed by atoms with Crippen LogP contribution in [0.1, 0.15) is 20.1 Å². The van der Waals surface area contributed by atoms with E-state index >= 15 is 0 Å². The molecule has 6 heteroatoms. The highest BCUT2D eigenvalue weighted by atomic mass is 32.2. The summed E-state index contributed by atoms with van der Waals surface area (Å²) in [6.45, 7) is 1.24. The number of aryl methyl sites for hydroxylation is 1. The topological polar surface area (TPSA) is 52.6 Å². The molecule has 19 heavy (non-hydrogen) atoms. The lowest BCUT2D eigenvalue weighted by molar-refractivity contribution is 0.0585. The van der Waals surface area contributed by atoms with Crippen molar-refractivity contribution < 1.29 is 9.90 Å². The van der Waals surface area contributed by atoms with Gasteiger partial charge in [0.05, 0.1) is 17.0 Å². The molecule has 0 aromatic carbocycles. The van der Waals surface area contributed by atoms with E-state index in [1.807, 2.05) is 17.8 Å². The number of thioether (sulfide) groups is 1. The van der Waals surface area contributed by atoms with E-state index in [0.29, 0.717) is 13.1 Å². The van der Waals surface area contributed by atoms with Gasteiger partial charge in [-0.05, 0) is 23.8 Å². The summed E-state index contributed by atoms with van der Waals surface area (Å²) in [4.78, 5) is 16.4. The van der Waals surface area contributed by atoms with Crippen molar-refractivity contribution in [2.75, 3.05) is 25.9 Å². The Morgan fingerprint density at radius 1 is 1.53 bits per heavy atom. The van der Waals surface area contributed by atoms with E-state index < -0.39 is 6.10 Å². The van der Waals surface area contributed by atoms with Crippen molar-refractivity contribution in [1.82, 2.24) is 10.2 Å². The maximum absolute atomic E-state index is 12.5. The predicted molar refractivity (Wildman–Crippen MR) is 78.9 cm³/mol. The van der Waals surface area contributed by atoms with Gasteiger partial charge < -0.3 is 15.3 Å². The molecule has 0 spiro atoms. The van der Waals surface area contributed by atoms with E-state index in [1.165, 1.54) is 10.4 Å². The van der Waals surface area contributed by atoms with Crippen molar-refractivity contribution in [2.45, 2.75) is 24.3 Å². The number of amides is 1. The van der Waals surface area contributed by atoms with E-state index in [0.717, 1.165) is 22.8 Å². The van der Waals surface area contributed by atoms with E-state index in [-0.39, 0.29) is 11.9 Å². The lowest BCUT2D eigenvalue weighted by atomic mass is 10.1. The van der Waals surface area contributed by atoms with Crippen molar-refractivity contribution >= 4 is 29.0 Å². The minimum atomic E-state index is -0.459. The number of β-amino-alcohol motifs (C(OH)–C–C–N with tert-alkyl or cyclic N) is 1. The van der Waals surface area contributed by atoms with Gasteiger partial charge in [0.2, 0.25) is 0 Å². The van der Waals surface area contributed by atoms with Crippen LogP contribution < -0.4 is 5.32 Å². The van der Waals surface area contributed by atoms with Crippen LogP contribution in [0.5, 0.6) is 0 Å². The molecule has 0 radical (unpaired) electrons. The van der Waals surface area contributed by atoms with Gasteiger partial charge in [-0.25, -0.2) is 0 Å². The lowest BCUT2D eigenvalue weighted by Crippen LogP contribution is -2.44. The average Bonchev–Trinajstić information content (AvgIpc) is 3.02. The number of carbonyl (C=O) groups excluding carboxylic acids is 1. The monoisotopic (exact) mass is 298 g/mol. The maximum atomic E-state index is 12.5. The van der Waals surface area contributed by atoms with E-state index in [4.69, 9.17) is 0 Å².